The highest BCUT2D eigenvalue weighted by molar-refractivity contribution is 6.10. The fourth-order valence-electron chi connectivity index (χ4n) is 5.78. The lowest BCUT2D eigenvalue weighted by molar-refractivity contribution is 0.0746. The first kappa shape index (κ1) is 25.8. The first-order valence-electron chi connectivity index (χ1n) is 13.6. The van der Waals surface area contributed by atoms with Gasteiger partial charge in [0.2, 0.25) is 5.71 Å². The number of aromatic nitrogens is 2. The molecule has 0 bridgehead atoms. The van der Waals surface area contributed by atoms with Crippen LogP contribution in [0.15, 0.2) is 59.3 Å². The monoisotopic (exact) mass is 542 g/mol. The Labute approximate surface area is 233 Å². The molecule has 4 heterocycles. The Balaban J connectivity index is 1.21. The van der Waals surface area contributed by atoms with Gasteiger partial charge >= 0.3 is 0 Å². The molecule has 40 heavy (non-hydrogen) atoms. The molecule has 0 aliphatic carbocycles. The molecule has 0 N–H and O–H groups in total. The molecule has 10 heteroatoms. The SMILES string of the molecule is COc1ccccc1N1CCN(C(=O)c2c(C)oc3ncnc(N4CCN(c5ccccc5OC)CC4)c23)CC1. The van der Waals surface area contributed by atoms with E-state index in [1.807, 2.05) is 48.2 Å². The third-order valence-electron chi connectivity index (χ3n) is 7.86. The summed E-state index contributed by atoms with van der Waals surface area (Å²) < 4.78 is 17.1. The van der Waals surface area contributed by atoms with Crippen LogP contribution in [0.4, 0.5) is 17.2 Å². The zero-order valence-corrected chi connectivity index (χ0v) is 23.2. The largest absolute Gasteiger partial charge is 0.495 e. The summed E-state index contributed by atoms with van der Waals surface area (Å²) in [4.78, 5) is 31.7. The predicted octanol–water partition coefficient (Wildman–Crippen LogP) is 3.84. The Bertz CT molecular complexity index is 1510. The van der Waals surface area contributed by atoms with Gasteiger partial charge in [0.25, 0.3) is 5.91 Å². The molecule has 2 fully saturated rings. The highest BCUT2D eigenvalue weighted by atomic mass is 16.5. The van der Waals surface area contributed by atoms with Crippen LogP contribution >= 0.6 is 0 Å². The number of hydrogen-bond acceptors (Lipinski definition) is 9. The summed E-state index contributed by atoms with van der Waals surface area (Å²) in [6, 6.07) is 16.1. The van der Waals surface area contributed by atoms with Gasteiger partial charge in [0.05, 0.1) is 36.5 Å². The number of carbonyl (C=O) groups excluding carboxylic acids is 1. The summed E-state index contributed by atoms with van der Waals surface area (Å²) in [5.41, 5.74) is 3.14. The van der Waals surface area contributed by atoms with E-state index >= 15 is 0 Å². The smallest absolute Gasteiger partial charge is 0.258 e. The first-order chi connectivity index (χ1) is 19.6. The van der Waals surface area contributed by atoms with Crippen LogP contribution in [0.25, 0.3) is 11.1 Å². The fraction of sp³-hybridized carbons (Fsp3) is 0.367. The van der Waals surface area contributed by atoms with E-state index in [0.29, 0.717) is 35.5 Å². The van der Waals surface area contributed by atoms with Gasteiger partial charge in [0.1, 0.15) is 29.4 Å². The maximum atomic E-state index is 13.9. The minimum atomic E-state index is -0.0420. The van der Waals surface area contributed by atoms with E-state index in [-0.39, 0.29) is 5.91 Å². The maximum Gasteiger partial charge on any atom is 0.258 e. The van der Waals surface area contributed by atoms with Gasteiger partial charge in [0.15, 0.2) is 0 Å². The van der Waals surface area contributed by atoms with Crippen LogP contribution in [0, 0.1) is 6.92 Å². The Morgan fingerprint density at radius 3 is 1.85 bits per heavy atom. The highest BCUT2D eigenvalue weighted by Gasteiger charge is 2.31. The van der Waals surface area contributed by atoms with Crippen molar-refractivity contribution >= 4 is 34.2 Å². The molecule has 0 unspecified atom stereocenters. The lowest BCUT2D eigenvalue weighted by Crippen LogP contribution is -2.49. The van der Waals surface area contributed by atoms with Gasteiger partial charge in [0, 0.05) is 52.4 Å². The van der Waals surface area contributed by atoms with E-state index < -0.39 is 0 Å². The number of benzene rings is 2. The number of hydrogen-bond donors (Lipinski definition) is 0. The number of amides is 1. The third-order valence-corrected chi connectivity index (χ3v) is 7.86. The number of rotatable bonds is 6. The zero-order valence-electron chi connectivity index (χ0n) is 23.2. The van der Waals surface area contributed by atoms with Crippen molar-refractivity contribution in [1.29, 1.82) is 0 Å². The van der Waals surface area contributed by atoms with Crippen molar-refractivity contribution in [2.75, 3.05) is 81.3 Å². The normalized spacial score (nSPS) is 16.0. The molecule has 4 aromatic rings. The molecule has 208 valence electrons. The second-order valence-electron chi connectivity index (χ2n) is 10.0. The van der Waals surface area contributed by atoms with Gasteiger partial charge in [-0.2, -0.15) is 0 Å². The summed E-state index contributed by atoms with van der Waals surface area (Å²) in [5, 5.41) is 0.697. The van der Waals surface area contributed by atoms with Gasteiger partial charge in [-0.3, -0.25) is 4.79 Å². The van der Waals surface area contributed by atoms with Crippen LogP contribution in [-0.4, -0.2) is 87.4 Å². The van der Waals surface area contributed by atoms with Crippen LogP contribution in [-0.2, 0) is 0 Å². The van der Waals surface area contributed by atoms with Gasteiger partial charge in [-0.15, -0.1) is 0 Å². The quantitative estimate of drug-likeness (QED) is 0.361. The van der Waals surface area contributed by atoms with Gasteiger partial charge < -0.3 is 33.5 Å². The van der Waals surface area contributed by atoms with Gasteiger partial charge in [-0.05, 0) is 31.2 Å². The third kappa shape index (κ3) is 4.63. The summed E-state index contributed by atoms with van der Waals surface area (Å²) >= 11 is 0. The summed E-state index contributed by atoms with van der Waals surface area (Å²) in [5.74, 6) is 2.98. The number of para-hydroxylation sites is 4. The van der Waals surface area contributed by atoms with Crippen LogP contribution in [0.1, 0.15) is 16.1 Å². The van der Waals surface area contributed by atoms with E-state index in [1.165, 1.54) is 6.33 Å². The molecule has 0 radical (unpaired) electrons. The van der Waals surface area contributed by atoms with Crippen LogP contribution in [0.2, 0.25) is 0 Å². The number of methoxy groups -OCH3 is 2. The van der Waals surface area contributed by atoms with Crippen molar-refractivity contribution in [3.05, 3.63) is 66.2 Å². The number of nitrogens with zero attached hydrogens (tertiary/aromatic N) is 6. The van der Waals surface area contributed by atoms with Crippen molar-refractivity contribution in [3.8, 4) is 11.5 Å². The molecule has 0 spiro atoms. The molecule has 0 saturated carbocycles. The van der Waals surface area contributed by atoms with E-state index in [4.69, 9.17) is 13.9 Å². The molecular formula is C30H34N6O4. The Morgan fingerprint density at radius 1 is 0.750 bits per heavy atom. The van der Waals surface area contributed by atoms with E-state index in [9.17, 15) is 4.79 Å². The molecule has 2 aromatic heterocycles. The summed E-state index contributed by atoms with van der Waals surface area (Å²) in [7, 11) is 3.38. The predicted molar refractivity (Wildman–Crippen MR) is 155 cm³/mol. The summed E-state index contributed by atoms with van der Waals surface area (Å²) in [6.45, 7) is 7.58. The maximum absolute atomic E-state index is 13.9. The molecule has 0 atom stereocenters. The number of aryl methyl sites for hydroxylation is 1. The molecule has 2 aromatic carbocycles. The average molecular weight is 543 g/mol. The van der Waals surface area contributed by atoms with Crippen molar-refractivity contribution in [1.82, 2.24) is 14.9 Å². The van der Waals surface area contributed by atoms with Crippen molar-refractivity contribution in [3.63, 3.8) is 0 Å². The number of anilines is 3. The van der Waals surface area contributed by atoms with Crippen LogP contribution in [0.5, 0.6) is 11.5 Å². The topological polar surface area (TPSA) is 87.4 Å². The Kier molecular flexibility index (Phi) is 7.06. The first-order valence-corrected chi connectivity index (χ1v) is 13.6. The molecular weight excluding hydrogens is 508 g/mol. The molecule has 10 nitrogen and oxygen atoms in total. The Morgan fingerprint density at radius 2 is 1.27 bits per heavy atom. The molecule has 2 aliphatic heterocycles. The van der Waals surface area contributed by atoms with Crippen LogP contribution in [0.3, 0.4) is 0 Å². The van der Waals surface area contributed by atoms with E-state index in [0.717, 1.165) is 68.0 Å². The molecule has 6 rings (SSSR count). The van der Waals surface area contributed by atoms with Crippen molar-refractivity contribution in [2.45, 2.75) is 6.92 Å². The molecule has 2 saturated heterocycles. The lowest BCUT2D eigenvalue weighted by Gasteiger charge is -2.37. The van der Waals surface area contributed by atoms with Crippen molar-refractivity contribution < 1.29 is 18.7 Å². The summed E-state index contributed by atoms with van der Waals surface area (Å²) in [6.07, 6.45) is 1.52. The van der Waals surface area contributed by atoms with Gasteiger partial charge in [-0.25, -0.2) is 9.97 Å². The molecule has 1 amide bonds. The Hall–Kier alpha value is -4.47. The second-order valence-corrected chi connectivity index (χ2v) is 10.0. The molecule has 2 aliphatic rings. The lowest BCUT2D eigenvalue weighted by atomic mass is 10.1. The number of carbonyl (C=O) groups is 1. The number of piperazine rings is 2. The number of furan rings is 1. The standard InChI is InChI=1S/C30H34N6O4/c1-21-26(30(37)36-18-14-34(15-19-36)23-9-5-7-11-25(23)39-3)27-28(31-20-32-29(27)40-21)35-16-12-33(13-17-35)22-8-4-6-10-24(22)38-2/h4-11,20H,12-19H2,1-3H3. The fourth-order valence-corrected chi connectivity index (χ4v) is 5.78. The van der Waals surface area contributed by atoms with Crippen molar-refractivity contribution in [2.24, 2.45) is 0 Å². The van der Waals surface area contributed by atoms with Crippen LogP contribution < -0.4 is 24.2 Å². The van der Waals surface area contributed by atoms with E-state index in [2.05, 4.69) is 36.8 Å². The average Bonchev–Trinajstić information content (AvgIpc) is 3.36. The minimum Gasteiger partial charge on any atom is -0.495 e. The number of ether oxygens (including phenoxy) is 2. The minimum absolute atomic E-state index is 0.0420. The zero-order chi connectivity index (χ0) is 27.6. The highest BCUT2D eigenvalue weighted by Crippen LogP contribution is 2.35. The van der Waals surface area contributed by atoms with E-state index in [1.54, 1.807) is 14.2 Å². The van der Waals surface area contributed by atoms with Gasteiger partial charge in [-0.1, -0.05) is 24.3 Å². The number of fused-ring (bicyclic) bond motifs is 1. The second kappa shape index (κ2) is 11.0.